The number of nitro groups is 1. The summed E-state index contributed by atoms with van der Waals surface area (Å²) in [5, 5.41) is 15.5. The van der Waals surface area contributed by atoms with Gasteiger partial charge in [-0.15, -0.1) is 0 Å². The molecule has 1 atom stereocenters. The van der Waals surface area contributed by atoms with Crippen LogP contribution in [0.25, 0.3) is 0 Å². The third kappa shape index (κ3) is 2.96. The van der Waals surface area contributed by atoms with Crippen molar-refractivity contribution in [3.05, 3.63) is 21.5 Å². The smallest absolute Gasteiger partial charge is 0.292 e. The average molecular weight is 283 g/mol. The lowest BCUT2D eigenvalue weighted by molar-refractivity contribution is -0.386. The first-order valence-corrected chi connectivity index (χ1v) is 6.76. The zero-order valence-electron chi connectivity index (χ0n) is 12.0. The summed E-state index contributed by atoms with van der Waals surface area (Å²) in [6.07, 6.45) is 2.15. The van der Waals surface area contributed by atoms with Crippen LogP contribution in [0.4, 0.5) is 5.69 Å². The SMILES string of the molecule is CCCC(C(=O)NN)n1nc(CC)c([N+](=O)[O-])c1CC. The number of nitrogens with zero attached hydrogens (tertiary/aromatic N) is 3. The molecule has 112 valence electrons. The van der Waals surface area contributed by atoms with E-state index in [2.05, 4.69) is 10.5 Å². The molecule has 8 heteroatoms. The summed E-state index contributed by atoms with van der Waals surface area (Å²) >= 11 is 0. The van der Waals surface area contributed by atoms with Crippen LogP contribution in [0.15, 0.2) is 0 Å². The Morgan fingerprint density at radius 2 is 2.10 bits per heavy atom. The predicted molar refractivity (Wildman–Crippen MR) is 73.9 cm³/mol. The summed E-state index contributed by atoms with van der Waals surface area (Å²) < 4.78 is 1.46. The Kier molecular flexibility index (Phi) is 5.63. The Morgan fingerprint density at radius 1 is 1.45 bits per heavy atom. The van der Waals surface area contributed by atoms with E-state index in [0.717, 1.165) is 6.42 Å². The number of hydrogen-bond acceptors (Lipinski definition) is 5. The van der Waals surface area contributed by atoms with Crippen LogP contribution in [0.1, 0.15) is 51.0 Å². The van der Waals surface area contributed by atoms with Gasteiger partial charge in [0, 0.05) is 0 Å². The third-order valence-corrected chi connectivity index (χ3v) is 3.21. The Balaban J connectivity index is 3.41. The minimum atomic E-state index is -0.612. The van der Waals surface area contributed by atoms with E-state index in [1.165, 1.54) is 4.68 Å². The molecular formula is C12H21N5O3. The zero-order chi connectivity index (χ0) is 15.3. The highest BCUT2D eigenvalue weighted by molar-refractivity contribution is 5.79. The van der Waals surface area contributed by atoms with Gasteiger partial charge >= 0.3 is 5.69 Å². The lowest BCUT2D eigenvalue weighted by atomic mass is 10.1. The minimum absolute atomic E-state index is 0.0147. The maximum atomic E-state index is 11.9. The summed E-state index contributed by atoms with van der Waals surface area (Å²) in [5.41, 5.74) is 2.99. The number of nitrogens with two attached hydrogens (primary N) is 1. The molecule has 0 saturated heterocycles. The number of nitrogens with one attached hydrogen (secondary N) is 1. The molecule has 20 heavy (non-hydrogen) atoms. The van der Waals surface area contributed by atoms with E-state index < -0.39 is 11.0 Å². The van der Waals surface area contributed by atoms with Crippen LogP contribution in [-0.4, -0.2) is 20.6 Å². The number of aromatic nitrogens is 2. The van der Waals surface area contributed by atoms with Crippen molar-refractivity contribution in [2.45, 2.75) is 52.5 Å². The number of amides is 1. The van der Waals surface area contributed by atoms with Gasteiger partial charge in [0.1, 0.15) is 17.4 Å². The first-order chi connectivity index (χ1) is 9.51. The fraction of sp³-hybridized carbons (Fsp3) is 0.667. The number of hydrogen-bond donors (Lipinski definition) is 2. The quantitative estimate of drug-likeness (QED) is 0.338. The topological polar surface area (TPSA) is 116 Å². The second-order valence-corrected chi connectivity index (χ2v) is 4.46. The van der Waals surface area contributed by atoms with E-state index in [4.69, 9.17) is 5.84 Å². The van der Waals surface area contributed by atoms with E-state index in [0.29, 0.717) is 30.7 Å². The van der Waals surface area contributed by atoms with Crippen molar-refractivity contribution >= 4 is 11.6 Å². The number of carbonyl (C=O) groups is 1. The van der Waals surface area contributed by atoms with E-state index in [1.807, 2.05) is 13.8 Å². The molecule has 0 aromatic carbocycles. The Hall–Kier alpha value is -1.96. The molecule has 1 unspecified atom stereocenters. The van der Waals surface area contributed by atoms with Crippen molar-refractivity contribution in [2.75, 3.05) is 0 Å². The maximum absolute atomic E-state index is 11.9. The van der Waals surface area contributed by atoms with Crippen LogP contribution in [0.3, 0.4) is 0 Å². The van der Waals surface area contributed by atoms with E-state index >= 15 is 0 Å². The summed E-state index contributed by atoms with van der Waals surface area (Å²) in [5.74, 6) is 4.81. The number of carbonyl (C=O) groups excluding carboxylic acids is 1. The van der Waals surface area contributed by atoms with Gasteiger partial charge in [-0.25, -0.2) is 10.5 Å². The Labute approximate surface area is 117 Å². The van der Waals surface area contributed by atoms with E-state index in [-0.39, 0.29) is 11.6 Å². The van der Waals surface area contributed by atoms with Crippen LogP contribution in [0.2, 0.25) is 0 Å². The zero-order valence-corrected chi connectivity index (χ0v) is 12.0. The van der Waals surface area contributed by atoms with Gasteiger partial charge in [-0.1, -0.05) is 27.2 Å². The lowest BCUT2D eigenvalue weighted by Gasteiger charge is -2.16. The highest BCUT2D eigenvalue weighted by Gasteiger charge is 2.31. The second-order valence-electron chi connectivity index (χ2n) is 4.46. The number of hydrazine groups is 1. The van der Waals surface area contributed by atoms with Crippen molar-refractivity contribution in [3.8, 4) is 0 Å². The molecule has 0 aliphatic rings. The van der Waals surface area contributed by atoms with Crippen molar-refractivity contribution in [1.29, 1.82) is 0 Å². The fourth-order valence-corrected chi connectivity index (χ4v) is 2.28. The number of rotatable bonds is 7. The van der Waals surface area contributed by atoms with Gasteiger partial charge in [-0.2, -0.15) is 5.10 Å². The van der Waals surface area contributed by atoms with Gasteiger partial charge in [-0.05, 0) is 19.3 Å². The molecule has 1 rings (SSSR count). The monoisotopic (exact) mass is 283 g/mol. The fourth-order valence-electron chi connectivity index (χ4n) is 2.28. The first-order valence-electron chi connectivity index (χ1n) is 6.76. The molecule has 0 aliphatic carbocycles. The lowest BCUT2D eigenvalue weighted by Crippen LogP contribution is -2.38. The highest BCUT2D eigenvalue weighted by Crippen LogP contribution is 2.28. The van der Waals surface area contributed by atoms with Gasteiger partial charge < -0.3 is 0 Å². The molecule has 0 radical (unpaired) electrons. The highest BCUT2D eigenvalue weighted by atomic mass is 16.6. The predicted octanol–water partition coefficient (Wildman–Crippen LogP) is 1.25. The van der Waals surface area contributed by atoms with Crippen molar-refractivity contribution in [2.24, 2.45) is 5.84 Å². The number of aryl methyl sites for hydroxylation is 1. The van der Waals surface area contributed by atoms with Gasteiger partial charge in [0.2, 0.25) is 0 Å². The molecular weight excluding hydrogens is 262 g/mol. The summed E-state index contributed by atoms with van der Waals surface area (Å²) in [7, 11) is 0. The summed E-state index contributed by atoms with van der Waals surface area (Å²) in [4.78, 5) is 22.7. The van der Waals surface area contributed by atoms with Crippen molar-refractivity contribution < 1.29 is 9.72 Å². The molecule has 0 saturated carbocycles. The van der Waals surface area contributed by atoms with E-state index in [9.17, 15) is 14.9 Å². The molecule has 0 fully saturated rings. The maximum Gasteiger partial charge on any atom is 0.313 e. The van der Waals surface area contributed by atoms with E-state index in [1.54, 1.807) is 6.92 Å². The molecule has 0 spiro atoms. The van der Waals surface area contributed by atoms with Crippen LogP contribution in [0, 0.1) is 10.1 Å². The summed E-state index contributed by atoms with van der Waals surface area (Å²) in [6, 6.07) is -0.612. The van der Waals surface area contributed by atoms with Crippen LogP contribution >= 0.6 is 0 Å². The Morgan fingerprint density at radius 3 is 2.50 bits per heavy atom. The minimum Gasteiger partial charge on any atom is -0.292 e. The van der Waals surface area contributed by atoms with Gasteiger partial charge in [-0.3, -0.25) is 20.3 Å². The van der Waals surface area contributed by atoms with Crippen LogP contribution in [-0.2, 0) is 17.6 Å². The Bertz CT molecular complexity index is 498. The molecule has 1 aromatic rings. The van der Waals surface area contributed by atoms with Gasteiger partial charge in [0.05, 0.1) is 4.92 Å². The van der Waals surface area contributed by atoms with Crippen molar-refractivity contribution in [3.63, 3.8) is 0 Å². The second kappa shape index (κ2) is 6.99. The summed E-state index contributed by atoms with van der Waals surface area (Å²) in [6.45, 7) is 5.54. The largest absolute Gasteiger partial charge is 0.313 e. The van der Waals surface area contributed by atoms with Gasteiger partial charge in [0.25, 0.3) is 5.91 Å². The normalized spacial score (nSPS) is 12.2. The molecule has 3 N–H and O–H groups in total. The van der Waals surface area contributed by atoms with Crippen LogP contribution in [0.5, 0.6) is 0 Å². The van der Waals surface area contributed by atoms with Crippen LogP contribution < -0.4 is 11.3 Å². The first kappa shape index (κ1) is 16.1. The standard InChI is InChI=1S/C12H21N5O3/c1-4-7-10(12(18)14-13)16-9(6-3)11(17(19)20)8(5-2)15-16/h10H,4-7,13H2,1-3H3,(H,14,18). The molecule has 1 aromatic heterocycles. The molecule has 0 aliphatic heterocycles. The van der Waals surface area contributed by atoms with Crippen molar-refractivity contribution in [1.82, 2.24) is 15.2 Å². The molecule has 1 amide bonds. The average Bonchev–Trinajstić information content (AvgIpc) is 2.82. The molecule has 8 nitrogen and oxygen atoms in total. The third-order valence-electron chi connectivity index (χ3n) is 3.21. The van der Waals surface area contributed by atoms with Gasteiger partial charge in [0.15, 0.2) is 0 Å². The molecule has 1 heterocycles. The molecule has 0 bridgehead atoms.